The first-order chi connectivity index (χ1) is 11.9. The van der Waals surface area contributed by atoms with Crippen molar-refractivity contribution in [2.24, 2.45) is 0 Å². The number of hydrogen-bond acceptors (Lipinski definition) is 9. The van der Waals surface area contributed by atoms with E-state index in [0.29, 0.717) is 13.0 Å². The summed E-state index contributed by atoms with van der Waals surface area (Å²) >= 11 is 0. The van der Waals surface area contributed by atoms with Crippen molar-refractivity contribution in [3.05, 3.63) is 11.9 Å². The van der Waals surface area contributed by atoms with Crippen LogP contribution in [-0.4, -0.2) is 59.0 Å². The summed E-state index contributed by atoms with van der Waals surface area (Å²) in [5.41, 5.74) is 0.298. The summed E-state index contributed by atoms with van der Waals surface area (Å²) in [6.45, 7) is 1.94. The van der Waals surface area contributed by atoms with Crippen LogP contribution in [0.15, 0.2) is 6.20 Å². The van der Waals surface area contributed by atoms with Gasteiger partial charge in [-0.1, -0.05) is 6.42 Å². The van der Waals surface area contributed by atoms with Gasteiger partial charge in [-0.15, -0.1) is 0 Å². The van der Waals surface area contributed by atoms with E-state index < -0.39 is 18.2 Å². The van der Waals surface area contributed by atoms with Gasteiger partial charge in [-0.25, -0.2) is 9.97 Å². The highest BCUT2D eigenvalue weighted by Crippen LogP contribution is 2.22. The molecule has 0 aliphatic heterocycles. The number of hydrogen-bond donors (Lipinski definition) is 5. The maximum atomic E-state index is 10.4. The largest absolute Gasteiger partial charge is 0.492 e. The van der Waals surface area contributed by atoms with Crippen LogP contribution in [0.3, 0.4) is 0 Å². The number of carboxylic acid groups (broad SMARTS) is 1. The van der Waals surface area contributed by atoms with Crippen LogP contribution >= 0.6 is 0 Å². The Kier molecular flexibility index (Phi) is 6.37. The number of nitrogens with one attached hydrogen (secondary N) is 1. The Hall–Kier alpha value is -2.59. The molecule has 25 heavy (non-hydrogen) atoms. The Morgan fingerprint density at radius 2 is 1.96 bits per heavy atom. The van der Waals surface area contributed by atoms with Crippen LogP contribution in [0.2, 0.25) is 0 Å². The van der Waals surface area contributed by atoms with Crippen molar-refractivity contribution < 1.29 is 25.2 Å². The highest BCUT2D eigenvalue weighted by atomic mass is 16.4. The molecule has 2 rings (SSSR count). The van der Waals surface area contributed by atoms with Gasteiger partial charge in [0.05, 0.1) is 18.0 Å². The summed E-state index contributed by atoms with van der Waals surface area (Å²) < 4.78 is 0. The molecule has 2 aromatic rings. The lowest BCUT2D eigenvalue weighted by molar-refractivity contribution is -0.137. The van der Waals surface area contributed by atoms with Crippen molar-refractivity contribution >= 4 is 23.1 Å². The minimum atomic E-state index is -1.22. The van der Waals surface area contributed by atoms with Gasteiger partial charge in [0.15, 0.2) is 11.2 Å². The number of carbonyl (C=O) groups is 1. The number of aliphatic carboxylic acids is 1. The molecular weight excluding hydrogens is 330 g/mol. The summed E-state index contributed by atoms with van der Waals surface area (Å²) in [4.78, 5) is 26.5. The first-order valence-electron chi connectivity index (χ1n) is 7.94. The summed E-state index contributed by atoms with van der Waals surface area (Å²) in [5.74, 6) is -1.01. The number of unbranched alkanes of at least 4 members (excludes halogenated alkanes) is 2. The van der Waals surface area contributed by atoms with Crippen LogP contribution < -0.4 is 5.32 Å². The van der Waals surface area contributed by atoms with Gasteiger partial charge < -0.3 is 25.7 Å². The van der Waals surface area contributed by atoms with E-state index in [-0.39, 0.29) is 35.1 Å². The van der Waals surface area contributed by atoms with Crippen molar-refractivity contribution in [3.63, 3.8) is 0 Å². The van der Waals surface area contributed by atoms with Crippen molar-refractivity contribution in [3.8, 4) is 5.88 Å². The van der Waals surface area contributed by atoms with Crippen LogP contribution in [-0.2, 0) is 4.79 Å². The fourth-order valence-corrected chi connectivity index (χ4v) is 2.15. The maximum absolute atomic E-state index is 10.4. The van der Waals surface area contributed by atoms with E-state index in [1.807, 2.05) is 0 Å². The zero-order valence-electron chi connectivity index (χ0n) is 13.8. The fourth-order valence-electron chi connectivity index (χ4n) is 2.15. The number of aromatic nitrogens is 4. The van der Waals surface area contributed by atoms with Crippen molar-refractivity contribution in [1.82, 2.24) is 19.9 Å². The molecule has 2 atom stereocenters. The molecule has 2 unspecified atom stereocenters. The number of aromatic hydroxyl groups is 1. The zero-order chi connectivity index (χ0) is 18.4. The second-order valence-electron chi connectivity index (χ2n) is 5.65. The SMILES string of the molecule is CC(O)C(O)c1cnc2nc(NCCCCCC(=O)O)nc(O)c2n1. The predicted molar refractivity (Wildman–Crippen MR) is 88.0 cm³/mol. The number of fused-ring (bicyclic) bond motifs is 1. The fraction of sp³-hybridized carbons (Fsp3) is 0.533. The third kappa shape index (κ3) is 5.19. The molecule has 2 heterocycles. The summed E-state index contributed by atoms with van der Waals surface area (Å²) in [6, 6.07) is 0. The van der Waals surface area contributed by atoms with Gasteiger partial charge in [0.1, 0.15) is 6.10 Å². The lowest BCUT2D eigenvalue weighted by Crippen LogP contribution is -2.16. The molecule has 0 aromatic carbocycles. The van der Waals surface area contributed by atoms with Crippen LogP contribution in [0, 0.1) is 0 Å². The average Bonchev–Trinajstić information content (AvgIpc) is 2.56. The standard InChI is InChI=1S/C15H21N5O5/c1-8(21)12(24)9-7-17-13-11(18-9)14(25)20-15(19-13)16-6-4-2-3-5-10(22)23/h7-8,12,21,24H,2-6H2,1H3,(H,22,23)(H2,16,17,19,20,25). The molecule has 10 nitrogen and oxygen atoms in total. The number of rotatable bonds is 9. The Morgan fingerprint density at radius 3 is 2.64 bits per heavy atom. The van der Waals surface area contributed by atoms with Gasteiger partial charge >= 0.3 is 5.97 Å². The molecule has 0 aliphatic rings. The van der Waals surface area contributed by atoms with E-state index in [2.05, 4.69) is 25.3 Å². The molecule has 0 aliphatic carbocycles. The van der Waals surface area contributed by atoms with E-state index in [1.165, 1.54) is 13.1 Å². The molecule has 0 radical (unpaired) electrons. The van der Waals surface area contributed by atoms with Crippen molar-refractivity contribution in [2.75, 3.05) is 11.9 Å². The molecule has 0 amide bonds. The topological polar surface area (TPSA) is 162 Å². The van der Waals surface area contributed by atoms with Crippen LogP contribution in [0.4, 0.5) is 5.95 Å². The van der Waals surface area contributed by atoms with Gasteiger partial charge in [0.2, 0.25) is 11.8 Å². The van der Waals surface area contributed by atoms with Gasteiger partial charge in [-0.05, 0) is 19.8 Å². The summed E-state index contributed by atoms with van der Waals surface area (Å²) in [7, 11) is 0. The molecular formula is C15H21N5O5. The molecule has 10 heteroatoms. The second-order valence-corrected chi connectivity index (χ2v) is 5.65. The van der Waals surface area contributed by atoms with Crippen molar-refractivity contribution in [2.45, 2.75) is 44.8 Å². The third-order valence-corrected chi connectivity index (χ3v) is 3.52. The molecule has 5 N–H and O–H groups in total. The zero-order valence-corrected chi connectivity index (χ0v) is 13.8. The first-order valence-corrected chi connectivity index (χ1v) is 7.94. The average molecular weight is 351 g/mol. The van der Waals surface area contributed by atoms with E-state index in [9.17, 15) is 20.1 Å². The van der Waals surface area contributed by atoms with Crippen LogP contribution in [0.25, 0.3) is 11.2 Å². The van der Waals surface area contributed by atoms with E-state index >= 15 is 0 Å². The smallest absolute Gasteiger partial charge is 0.303 e. The Morgan fingerprint density at radius 1 is 1.20 bits per heavy atom. The lowest BCUT2D eigenvalue weighted by atomic mass is 10.2. The monoisotopic (exact) mass is 351 g/mol. The van der Waals surface area contributed by atoms with Gasteiger partial charge in [-0.3, -0.25) is 4.79 Å². The van der Waals surface area contributed by atoms with Gasteiger partial charge in [0, 0.05) is 13.0 Å². The number of aliphatic hydroxyl groups excluding tert-OH is 2. The molecule has 0 spiro atoms. The quantitative estimate of drug-likeness (QED) is 0.404. The first kappa shape index (κ1) is 18.7. The summed E-state index contributed by atoms with van der Waals surface area (Å²) in [5, 5.41) is 40.7. The molecule has 0 saturated carbocycles. The Labute approximate surface area is 143 Å². The predicted octanol–water partition coefficient (Wildman–Crippen LogP) is 0.596. The third-order valence-electron chi connectivity index (χ3n) is 3.52. The molecule has 0 saturated heterocycles. The minimum Gasteiger partial charge on any atom is -0.492 e. The molecule has 0 fully saturated rings. The summed E-state index contributed by atoms with van der Waals surface area (Å²) in [6.07, 6.45) is 1.25. The molecule has 2 aromatic heterocycles. The van der Waals surface area contributed by atoms with Gasteiger partial charge in [0.25, 0.3) is 0 Å². The van der Waals surface area contributed by atoms with E-state index in [0.717, 1.165) is 12.8 Å². The van der Waals surface area contributed by atoms with Crippen LogP contribution in [0.1, 0.15) is 44.4 Å². The normalized spacial score (nSPS) is 13.6. The van der Waals surface area contributed by atoms with Gasteiger partial charge in [-0.2, -0.15) is 9.97 Å². The minimum absolute atomic E-state index is 0.0317. The number of aliphatic hydroxyl groups is 2. The Balaban J connectivity index is 2.01. The number of nitrogens with zero attached hydrogens (tertiary/aromatic N) is 4. The second kappa shape index (κ2) is 8.49. The van der Waals surface area contributed by atoms with Crippen LogP contribution in [0.5, 0.6) is 5.88 Å². The molecule has 136 valence electrons. The lowest BCUT2D eigenvalue weighted by Gasteiger charge is -2.13. The van der Waals surface area contributed by atoms with E-state index in [1.54, 1.807) is 0 Å². The maximum Gasteiger partial charge on any atom is 0.303 e. The highest BCUT2D eigenvalue weighted by molar-refractivity contribution is 5.76. The molecule has 0 bridgehead atoms. The Bertz CT molecular complexity index is 740. The van der Waals surface area contributed by atoms with E-state index in [4.69, 9.17) is 5.11 Å². The highest BCUT2D eigenvalue weighted by Gasteiger charge is 2.18. The van der Waals surface area contributed by atoms with Crippen molar-refractivity contribution in [1.29, 1.82) is 0 Å². The number of carboxylic acids is 1. The number of anilines is 1.